The number of rotatable bonds is 3. The highest BCUT2D eigenvalue weighted by Crippen LogP contribution is 2.01. The molecule has 1 N–H and O–H groups in total. The average Bonchev–Trinajstić information content (AvgIpc) is 1.84. The minimum Gasteiger partial charge on any atom is -0.300 e. The van der Waals surface area contributed by atoms with Gasteiger partial charge in [-0.1, -0.05) is 25.8 Å². The number of allylic oxidation sites excluding steroid dienone is 3. The molecule has 0 amide bonds. The molecule has 0 bridgehead atoms. The Bertz CT molecular complexity index is 175. The van der Waals surface area contributed by atoms with Crippen LogP contribution < -0.4 is 0 Å². The zero-order valence-electron chi connectivity index (χ0n) is 5.70. The van der Waals surface area contributed by atoms with Gasteiger partial charge in [0.15, 0.2) is 0 Å². The van der Waals surface area contributed by atoms with E-state index in [1.807, 2.05) is 0 Å². The van der Waals surface area contributed by atoms with Crippen molar-refractivity contribution in [2.24, 2.45) is 0 Å². The van der Waals surface area contributed by atoms with Crippen LogP contribution in [-0.4, -0.2) is 5.71 Å². The van der Waals surface area contributed by atoms with Crippen LogP contribution in [0.5, 0.6) is 0 Å². The van der Waals surface area contributed by atoms with Crippen LogP contribution in [0.4, 0.5) is 0 Å². The molecule has 0 aliphatic carbocycles. The van der Waals surface area contributed by atoms with Crippen molar-refractivity contribution in [1.82, 2.24) is 0 Å². The van der Waals surface area contributed by atoms with Gasteiger partial charge in [-0.25, -0.2) is 0 Å². The van der Waals surface area contributed by atoms with E-state index in [4.69, 9.17) is 5.41 Å². The van der Waals surface area contributed by atoms with Gasteiger partial charge in [0.25, 0.3) is 0 Å². The van der Waals surface area contributed by atoms with E-state index >= 15 is 0 Å². The van der Waals surface area contributed by atoms with E-state index in [1.165, 1.54) is 0 Å². The molecule has 0 aromatic rings. The molecule has 1 nitrogen and oxygen atoms in total. The second kappa shape index (κ2) is 3.02. The second-order valence-electron chi connectivity index (χ2n) is 1.88. The van der Waals surface area contributed by atoms with Gasteiger partial charge in [-0.3, -0.25) is 0 Å². The van der Waals surface area contributed by atoms with Gasteiger partial charge >= 0.3 is 0 Å². The van der Waals surface area contributed by atoms with Crippen LogP contribution in [0, 0.1) is 5.41 Å². The van der Waals surface area contributed by atoms with Crippen LogP contribution in [0.3, 0.4) is 0 Å². The summed E-state index contributed by atoms with van der Waals surface area (Å²) in [7, 11) is 0. The van der Waals surface area contributed by atoms with Crippen molar-refractivity contribution < 1.29 is 0 Å². The van der Waals surface area contributed by atoms with Crippen molar-refractivity contribution in [3.8, 4) is 0 Å². The summed E-state index contributed by atoms with van der Waals surface area (Å²) in [5, 5.41) is 7.28. The third-order valence-corrected chi connectivity index (χ3v) is 0.994. The van der Waals surface area contributed by atoms with Gasteiger partial charge in [0.05, 0.1) is 5.71 Å². The summed E-state index contributed by atoms with van der Waals surface area (Å²) in [6.07, 6.45) is 1.55. The summed E-state index contributed by atoms with van der Waals surface area (Å²) < 4.78 is 0. The number of nitrogens with one attached hydrogen (secondary N) is 1. The number of hydrogen-bond acceptors (Lipinski definition) is 1. The lowest BCUT2D eigenvalue weighted by Gasteiger charge is -1.98. The Kier molecular flexibility index (Phi) is 2.65. The van der Waals surface area contributed by atoms with Gasteiger partial charge in [0, 0.05) is 0 Å². The highest BCUT2D eigenvalue weighted by Gasteiger charge is 1.96. The molecule has 0 atom stereocenters. The smallest absolute Gasteiger partial charge is 0.0629 e. The zero-order valence-corrected chi connectivity index (χ0v) is 5.70. The standard InChI is InChI=1S/C8H11N/c1-5-7(4)8(9)6(2)3/h5,9H,1-2,4H2,3H3. The van der Waals surface area contributed by atoms with Crippen molar-refractivity contribution >= 4 is 5.71 Å². The molecule has 0 aliphatic rings. The summed E-state index contributed by atoms with van der Waals surface area (Å²) in [4.78, 5) is 0. The lowest BCUT2D eigenvalue weighted by Crippen LogP contribution is -1.97. The molecular weight excluding hydrogens is 110 g/mol. The van der Waals surface area contributed by atoms with Crippen molar-refractivity contribution in [2.75, 3.05) is 0 Å². The molecule has 0 heterocycles. The Hall–Kier alpha value is -1.11. The van der Waals surface area contributed by atoms with E-state index in [2.05, 4.69) is 19.7 Å². The molecular formula is C8H11N. The maximum atomic E-state index is 7.28. The molecule has 0 rings (SSSR count). The van der Waals surface area contributed by atoms with E-state index in [9.17, 15) is 0 Å². The molecule has 0 unspecified atom stereocenters. The van der Waals surface area contributed by atoms with Gasteiger partial charge in [-0.15, -0.1) is 0 Å². The SMILES string of the molecule is C=CC(=C)C(=N)C(=C)C. The highest BCUT2D eigenvalue weighted by atomic mass is 14.4. The maximum Gasteiger partial charge on any atom is 0.0629 e. The Morgan fingerprint density at radius 2 is 1.89 bits per heavy atom. The van der Waals surface area contributed by atoms with Crippen molar-refractivity contribution in [3.05, 3.63) is 37.0 Å². The maximum absolute atomic E-state index is 7.28. The summed E-state index contributed by atoms with van der Waals surface area (Å²) in [5.74, 6) is 0. The van der Waals surface area contributed by atoms with Gasteiger partial charge in [-0.05, 0) is 18.1 Å². The van der Waals surface area contributed by atoms with Crippen LogP contribution in [-0.2, 0) is 0 Å². The fourth-order valence-electron chi connectivity index (χ4n) is 0.376. The molecule has 9 heavy (non-hydrogen) atoms. The van der Waals surface area contributed by atoms with E-state index in [0.29, 0.717) is 11.3 Å². The van der Waals surface area contributed by atoms with E-state index in [1.54, 1.807) is 13.0 Å². The summed E-state index contributed by atoms with van der Waals surface area (Å²) >= 11 is 0. The normalized spacial score (nSPS) is 8.11. The molecule has 0 spiro atoms. The molecule has 0 radical (unpaired) electrons. The summed E-state index contributed by atoms with van der Waals surface area (Å²) in [5.41, 5.74) is 1.73. The molecule has 1 heteroatoms. The minimum absolute atomic E-state index is 0.380. The van der Waals surface area contributed by atoms with Gasteiger partial charge in [0.2, 0.25) is 0 Å². The zero-order chi connectivity index (χ0) is 7.44. The fraction of sp³-hybridized carbons (Fsp3) is 0.125. The first-order valence-corrected chi connectivity index (χ1v) is 2.65. The van der Waals surface area contributed by atoms with Gasteiger partial charge < -0.3 is 5.41 Å². The Balaban J connectivity index is 4.22. The van der Waals surface area contributed by atoms with Gasteiger partial charge in [-0.2, -0.15) is 0 Å². The molecule has 0 saturated carbocycles. The Morgan fingerprint density at radius 3 is 2.00 bits per heavy atom. The Labute approximate surface area is 55.9 Å². The average molecular weight is 121 g/mol. The van der Waals surface area contributed by atoms with Crippen LogP contribution >= 0.6 is 0 Å². The van der Waals surface area contributed by atoms with Crippen molar-refractivity contribution in [3.63, 3.8) is 0 Å². The second-order valence-corrected chi connectivity index (χ2v) is 1.88. The van der Waals surface area contributed by atoms with Gasteiger partial charge in [0.1, 0.15) is 0 Å². The van der Waals surface area contributed by atoms with Crippen molar-refractivity contribution in [1.29, 1.82) is 5.41 Å². The molecule has 0 fully saturated rings. The van der Waals surface area contributed by atoms with E-state index < -0.39 is 0 Å². The molecule has 0 aromatic heterocycles. The first kappa shape index (κ1) is 7.89. The quantitative estimate of drug-likeness (QED) is 0.437. The first-order valence-electron chi connectivity index (χ1n) is 2.65. The molecule has 0 saturated heterocycles. The predicted molar refractivity (Wildman–Crippen MR) is 41.9 cm³/mol. The predicted octanol–water partition coefficient (Wildman–Crippen LogP) is 2.32. The summed E-state index contributed by atoms with van der Waals surface area (Å²) in [6.45, 7) is 12.4. The third-order valence-electron chi connectivity index (χ3n) is 0.994. The lowest BCUT2D eigenvalue weighted by atomic mass is 10.1. The minimum atomic E-state index is 0.380. The monoisotopic (exact) mass is 121 g/mol. The van der Waals surface area contributed by atoms with Crippen LogP contribution in [0.15, 0.2) is 37.0 Å². The third kappa shape index (κ3) is 2.08. The van der Waals surface area contributed by atoms with Crippen LogP contribution in [0.1, 0.15) is 6.92 Å². The molecule has 48 valence electrons. The first-order chi connectivity index (χ1) is 4.09. The number of hydrogen-bond donors (Lipinski definition) is 1. The van der Waals surface area contributed by atoms with Crippen molar-refractivity contribution in [2.45, 2.75) is 6.92 Å². The van der Waals surface area contributed by atoms with E-state index in [0.717, 1.165) is 5.57 Å². The Morgan fingerprint density at radius 1 is 1.44 bits per heavy atom. The molecule has 0 aromatic carbocycles. The highest BCUT2D eigenvalue weighted by molar-refractivity contribution is 6.10. The fourth-order valence-corrected chi connectivity index (χ4v) is 0.376. The molecule has 0 aliphatic heterocycles. The topological polar surface area (TPSA) is 23.9 Å². The van der Waals surface area contributed by atoms with E-state index in [-0.39, 0.29) is 0 Å². The van der Waals surface area contributed by atoms with Crippen LogP contribution in [0.2, 0.25) is 0 Å². The largest absolute Gasteiger partial charge is 0.300 e. The van der Waals surface area contributed by atoms with Crippen LogP contribution in [0.25, 0.3) is 0 Å². The summed E-state index contributed by atoms with van der Waals surface area (Å²) in [6, 6.07) is 0. The lowest BCUT2D eigenvalue weighted by molar-refractivity contribution is 1.45.